The first-order valence-electron chi connectivity index (χ1n) is 8.92. The Morgan fingerprint density at radius 3 is 3.00 bits per heavy atom. The molecule has 5 unspecified atom stereocenters. The van der Waals surface area contributed by atoms with Crippen molar-refractivity contribution in [2.45, 2.75) is 37.6 Å². The minimum Gasteiger partial charge on any atom is -0.493 e. The van der Waals surface area contributed by atoms with Crippen molar-refractivity contribution in [3.05, 3.63) is 45.4 Å². The summed E-state index contributed by atoms with van der Waals surface area (Å²) in [5.41, 5.74) is 0.0555. The second-order valence-electron chi connectivity index (χ2n) is 7.02. The number of hydrogen-bond donors (Lipinski definition) is 2. The average Bonchev–Trinajstić information content (AvgIpc) is 3.24. The number of aliphatic hydroxyl groups excluding tert-OH is 1. The van der Waals surface area contributed by atoms with Crippen LogP contribution in [0.2, 0.25) is 5.02 Å². The maximum atomic E-state index is 11.0. The van der Waals surface area contributed by atoms with Crippen molar-refractivity contribution in [3.8, 4) is 5.75 Å². The lowest BCUT2D eigenvalue weighted by Gasteiger charge is -2.33. The van der Waals surface area contributed by atoms with Crippen LogP contribution in [0.4, 0.5) is 0 Å². The van der Waals surface area contributed by atoms with Crippen LogP contribution in [0.5, 0.6) is 5.75 Å². The lowest BCUT2D eigenvalue weighted by molar-refractivity contribution is -0.0811. The second kappa shape index (κ2) is 7.75. The van der Waals surface area contributed by atoms with Gasteiger partial charge in [0.1, 0.15) is 16.9 Å². The van der Waals surface area contributed by atoms with Gasteiger partial charge >= 0.3 is 5.97 Å². The maximum Gasteiger partial charge on any atom is 0.355 e. The fourth-order valence-corrected chi connectivity index (χ4v) is 5.07. The first-order chi connectivity index (χ1) is 13.0. The third-order valence-corrected chi connectivity index (χ3v) is 6.52. The van der Waals surface area contributed by atoms with Crippen molar-refractivity contribution < 1.29 is 24.5 Å². The zero-order chi connectivity index (χ0) is 19.0. The van der Waals surface area contributed by atoms with Gasteiger partial charge in [-0.05, 0) is 37.0 Å². The number of nitrogens with zero attached hydrogens (tertiary/aromatic N) is 1. The monoisotopic (exact) mass is 409 g/mol. The summed E-state index contributed by atoms with van der Waals surface area (Å²) in [6.07, 6.45) is 1.45. The van der Waals surface area contributed by atoms with Crippen LogP contribution in [0, 0.1) is 11.8 Å². The maximum absolute atomic E-state index is 11.0. The molecule has 1 aliphatic heterocycles. The number of aromatic carboxylic acids is 1. The zero-order valence-electron chi connectivity index (χ0n) is 14.5. The molecule has 8 heteroatoms. The number of fused-ring (bicyclic) bond motifs is 1. The molecule has 2 aliphatic rings. The van der Waals surface area contributed by atoms with Crippen LogP contribution >= 0.6 is 22.9 Å². The molecule has 0 bridgehead atoms. The van der Waals surface area contributed by atoms with Gasteiger partial charge in [-0.3, -0.25) is 0 Å². The first kappa shape index (κ1) is 18.7. The summed E-state index contributed by atoms with van der Waals surface area (Å²) < 4.78 is 12.0. The highest BCUT2D eigenvalue weighted by Gasteiger charge is 2.47. The van der Waals surface area contributed by atoms with E-state index in [2.05, 4.69) is 4.98 Å². The van der Waals surface area contributed by atoms with Gasteiger partial charge in [-0.25, -0.2) is 9.78 Å². The van der Waals surface area contributed by atoms with Crippen LogP contribution in [0.3, 0.4) is 0 Å². The van der Waals surface area contributed by atoms with Gasteiger partial charge in [0.15, 0.2) is 5.69 Å². The van der Waals surface area contributed by atoms with Gasteiger partial charge in [0.2, 0.25) is 0 Å². The first-order valence-corrected chi connectivity index (χ1v) is 10.2. The smallest absolute Gasteiger partial charge is 0.355 e. The molecular weight excluding hydrogens is 390 g/mol. The Kier molecular flexibility index (Phi) is 5.36. The summed E-state index contributed by atoms with van der Waals surface area (Å²) in [5, 5.41) is 22.4. The Morgan fingerprint density at radius 1 is 1.41 bits per heavy atom. The van der Waals surface area contributed by atoms with Gasteiger partial charge in [0, 0.05) is 22.7 Å². The summed E-state index contributed by atoms with van der Waals surface area (Å²) in [6, 6.07) is 7.23. The van der Waals surface area contributed by atoms with Crippen molar-refractivity contribution in [2.75, 3.05) is 6.61 Å². The van der Waals surface area contributed by atoms with E-state index in [1.54, 1.807) is 12.1 Å². The SMILES string of the molecule is O=C(O)c1csc(C2CCC3C(CC(O)C3COc3cccc(Cl)c3)O2)n1. The Labute approximate surface area is 165 Å². The Hall–Kier alpha value is -1.67. The molecule has 1 saturated carbocycles. The molecule has 2 N–H and O–H groups in total. The topological polar surface area (TPSA) is 88.9 Å². The number of halogens is 1. The van der Waals surface area contributed by atoms with Crippen molar-refractivity contribution in [2.24, 2.45) is 11.8 Å². The summed E-state index contributed by atoms with van der Waals surface area (Å²) in [4.78, 5) is 15.2. The van der Waals surface area contributed by atoms with Crippen molar-refractivity contribution in [1.82, 2.24) is 4.98 Å². The number of carboxylic acids is 1. The van der Waals surface area contributed by atoms with E-state index in [1.165, 1.54) is 16.7 Å². The molecule has 1 aliphatic carbocycles. The molecular formula is C19H20ClNO5S. The highest BCUT2D eigenvalue weighted by atomic mass is 35.5. The molecule has 1 aromatic carbocycles. The minimum absolute atomic E-state index is 0.000747. The third kappa shape index (κ3) is 3.96. The van der Waals surface area contributed by atoms with Crippen LogP contribution in [0.1, 0.15) is 40.9 Å². The number of aliphatic hydroxyl groups is 1. The van der Waals surface area contributed by atoms with Crippen LogP contribution in [-0.2, 0) is 4.74 Å². The van der Waals surface area contributed by atoms with Gasteiger partial charge in [-0.15, -0.1) is 11.3 Å². The molecule has 2 aromatic rings. The predicted molar refractivity (Wildman–Crippen MR) is 100 cm³/mol. The number of carbonyl (C=O) groups is 1. The highest BCUT2D eigenvalue weighted by Crippen LogP contribution is 2.46. The van der Waals surface area contributed by atoms with Crippen molar-refractivity contribution in [1.29, 1.82) is 0 Å². The van der Waals surface area contributed by atoms with Crippen LogP contribution in [0.25, 0.3) is 0 Å². The number of thiazole rings is 1. The number of ether oxygens (including phenoxy) is 2. The van der Waals surface area contributed by atoms with E-state index in [0.717, 1.165) is 12.8 Å². The Morgan fingerprint density at radius 2 is 2.26 bits per heavy atom. The minimum atomic E-state index is -1.03. The van der Waals surface area contributed by atoms with Gasteiger partial charge in [-0.2, -0.15) is 0 Å². The molecule has 0 radical (unpaired) electrons. The molecule has 5 atom stereocenters. The second-order valence-corrected chi connectivity index (χ2v) is 8.34. The van der Waals surface area contributed by atoms with Crippen LogP contribution in [0.15, 0.2) is 29.6 Å². The fourth-order valence-electron chi connectivity index (χ4n) is 4.03. The molecule has 1 aromatic heterocycles. The lowest BCUT2D eigenvalue weighted by atomic mass is 9.87. The van der Waals surface area contributed by atoms with Crippen molar-refractivity contribution >= 4 is 28.9 Å². The quantitative estimate of drug-likeness (QED) is 0.781. The van der Waals surface area contributed by atoms with E-state index < -0.39 is 12.1 Å². The van der Waals surface area contributed by atoms with E-state index in [9.17, 15) is 9.90 Å². The van der Waals surface area contributed by atoms with Crippen LogP contribution in [-0.4, -0.2) is 40.0 Å². The lowest BCUT2D eigenvalue weighted by Crippen LogP contribution is -2.33. The van der Waals surface area contributed by atoms with Gasteiger partial charge in [0.25, 0.3) is 0 Å². The van der Waals surface area contributed by atoms with Crippen molar-refractivity contribution in [3.63, 3.8) is 0 Å². The van der Waals surface area contributed by atoms with E-state index >= 15 is 0 Å². The average molecular weight is 410 g/mol. The summed E-state index contributed by atoms with van der Waals surface area (Å²) in [6.45, 7) is 0.414. The third-order valence-electron chi connectivity index (χ3n) is 5.35. The number of hydrogen-bond acceptors (Lipinski definition) is 6. The fraction of sp³-hybridized carbons (Fsp3) is 0.474. The largest absolute Gasteiger partial charge is 0.493 e. The molecule has 0 amide bonds. The number of rotatable bonds is 5. The standard InChI is InChI=1S/C19H20ClNO5S/c20-10-2-1-3-11(6-10)25-8-13-12-4-5-16(26-17(12)7-15(13)22)18-21-14(9-27-18)19(23)24/h1-3,6,9,12-13,15-17,22H,4-5,7-8H2,(H,23,24). The Balaban J connectivity index is 1.39. The predicted octanol–water partition coefficient (Wildman–Crippen LogP) is 3.79. The normalized spacial score (nSPS) is 30.1. The molecule has 1 saturated heterocycles. The Bertz CT molecular complexity index is 828. The number of carboxylic acid groups (broad SMARTS) is 1. The van der Waals surface area contributed by atoms with Crippen LogP contribution < -0.4 is 4.74 Å². The van der Waals surface area contributed by atoms with E-state index in [-0.39, 0.29) is 29.7 Å². The van der Waals surface area contributed by atoms with Gasteiger partial charge in [0.05, 0.1) is 18.8 Å². The van der Waals surface area contributed by atoms with Gasteiger partial charge < -0.3 is 19.7 Å². The number of aromatic nitrogens is 1. The molecule has 4 rings (SSSR count). The highest BCUT2D eigenvalue weighted by molar-refractivity contribution is 7.09. The zero-order valence-corrected chi connectivity index (χ0v) is 16.0. The summed E-state index contributed by atoms with van der Waals surface area (Å²) in [5.74, 6) is -0.118. The molecule has 6 nitrogen and oxygen atoms in total. The summed E-state index contributed by atoms with van der Waals surface area (Å²) in [7, 11) is 0. The molecule has 144 valence electrons. The molecule has 27 heavy (non-hydrogen) atoms. The summed E-state index contributed by atoms with van der Waals surface area (Å²) >= 11 is 7.30. The number of benzene rings is 1. The molecule has 2 fully saturated rings. The van der Waals surface area contributed by atoms with E-state index in [1.807, 2.05) is 12.1 Å². The molecule has 2 heterocycles. The van der Waals surface area contributed by atoms with Gasteiger partial charge in [-0.1, -0.05) is 17.7 Å². The van der Waals surface area contributed by atoms with E-state index in [0.29, 0.717) is 28.8 Å². The molecule has 0 spiro atoms. The van der Waals surface area contributed by atoms with E-state index in [4.69, 9.17) is 26.2 Å².